The maximum atomic E-state index is 12.2. The molecule has 3 unspecified atom stereocenters. The average Bonchev–Trinajstić information content (AvgIpc) is 2.85. The van der Waals surface area contributed by atoms with E-state index in [0.717, 1.165) is 19.5 Å². The van der Waals surface area contributed by atoms with Crippen molar-refractivity contribution < 1.29 is 9.90 Å². The lowest BCUT2D eigenvalue weighted by Crippen LogP contribution is -2.42. The number of amides is 1. The van der Waals surface area contributed by atoms with Crippen LogP contribution < -0.4 is 5.32 Å². The van der Waals surface area contributed by atoms with E-state index in [0.29, 0.717) is 24.8 Å². The Morgan fingerprint density at radius 2 is 2.29 bits per heavy atom. The van der Waals surface area contributed by atoms with Crippen molar-refractivity contribution in [2.75, 3.05) is 19.6 Å². The molecular weight excluding hydrogens is 216 g/mol. The lowest BCUT2D eigenvalue weighted by molar-refractivity contribution is -0.132. The molecule has 2 rings (SSSR count). The zero-order chi connectivity index (χ0) is 12.4. The second-order valence-electron chi connectivity index (χ2n) is 5.92. The second-order valence-corrected chi connectivity index (χ2v) is 5.92. The van der Waals surface area contributed by atoms with Gasteiger partial charge in [0.15, 0.2) is 0 Å². The number of aliphatic hydroxyl groups excluding tert-OH is 1. The van der Waals surface area contributed by atoms with Gasteiger partial charge in [0.1, 0.15) is 0 Å². The number of hydrogen-bond acceptors (Lipinski definition) is 3. The van der Waals surface area contributed by atoms with Gasteiger partial charge in [-0.2, -0.15) is 0 Å². The van der Waals surface area contributed by atoms with E-state index in [2.05, 4.69) is 19.2 Å². The molecule has 0 aliphatic carbocycles. The van der Waals surface area contributed by atoms with Crippen molar-refractivity contribution in [3.05, 3.63) is 0 Å². The minimum absolute atomic E-state index is 0.150. The molecule has 98 valence electrons. The summed E-state index contributed by atoms with van der Waals surface area (Å²) in [7, 11) is 0. The highest BCUT2D eigenvalue weighted by Crippen LogP contribution is 2.24. The Labute approximate surface area is 103 Å². The molecule has 3 atom stereocenters. The number of carbonyl (C=O) groups is 1. The van der Waals surface area contributed by atoms with Crippen molar-refractivity contribution in [2.24, 2.45) is 11.8 Å². The standard InChI is InChI=1S/C13H24N2O2/c1-9(2)5-10-3-4-15(8-10)13(17)12-6-11(16)7-14-12/h9-12,14,16H,3-8H2,1-2H3. The molecule has 2 saturated heterocycles. The molecule has 0 aromatic rings. The minimum Gasteiger partial charge on any atom is -0.392 e. The zero-order valence-electron chi connectivity index (χ0n) is 10.9. The molecule has 0 aromatic carbocycles. The van der Waals surface area contributed by atoms with Crippen LogP contribution in [0.15, 0.2) is 0 Å². The van der Waals surface area contributed by atoms with Crippen LogP contribution in [-0.4, -0.2) is 47.7 Å². The van der Waals surface area contributed by atoms with Gasteiger partial charge in [-0.05, 0) is 31.1 Å². The normalized spacial score (nSPS) is 33.6. The van der Waals surface area contributed by atoms with E-state index in [1.165, 1.54) is 6.42 Å². The van der Waals surface area contributed by atoms with Crippen molar-refractivity contribution in [1.29, 1.82) is 0 Å². The number of hydrogen-bond donors (Lipinski definition) is 2. The van der Waals surface area contributed by atoms with Crippen LogP contribution >= 0.6 is 0 Å². The maximum absolute atomic E-state index is 12.2. The van der Waals surface area contributed by atoms with E-state index < -0.39 is 0 Å². The van der Waals surface area contributed by atoms with E-state index in [9.17, 15) is 9.90 Å². The number of aliphatic hydroxyl groups is 1. The summed E-state index contributed by atoms with van der Waals surface area (Å²) in [5.41, 5.74) is 0. The Bertz CT molecular complexity index is 281. The average molecular weight is 240 g/mol. The van der Waals surface area contributed by atoms with Gasteiger partial charge in [-0.1, -0.05) is 13.8 Å². The molecule has 4 nitrogen and oxygen atoms in total. The smallest absolute Gasteiger partial charge is 0.239 e. The highest BCUT2D eigenvalue weighted by molar-refractivity contribution is 5.82. The van der Waals surface area contributed by atoms with Crippen LogP contribution in [0.4, 0.5) is 0 Å². The van der Waals surface area contributed by atoms with Gasteiger partial charge in [-0.25, -0.2) is 0 Å². The van der Waals surface area contributed by atoms with Crippen LogP contribution in [0.3, 0.4) is 0 Å². The summed E-state index contributed by atoms with van der Waals surface area (Å²) in [5.74, 6) is 1.57. The Morgan fingerprint density at radius 3 is 2.88 bits per heavy atom. The molecule has 2 aliphatic rings. The van der Waals surface area contributed by atoms with E-state index in [4.69, 9.17) is 0 Å². The fourth-order valence-corrected chi connectivity index (χ4v) is 3.02. The van der Waals surface area contributed by atoms with Gasteiger partial charge in [0.05, 0.1) is 12.1 Å². The summed E-state index contributed by atoms with van der Waals surface area (Å²) in [5, 5.41) is 12.5. The molecule has 0 aromatic heterocycles. The molecule has 2 heterocycles. The number of nitrogens with zero attached hydrogens (tertiary/aromatic N) is 1. The lowest BCUT2D eigenvalue weighted by Gasteiger charge is -2.21. The predicted octanol–water partition coefficient (Wildman–Crippen LogP) is 0.604. The summed E-state index contributed by atoms with van der Waals surface area (Å²) in [6.07, 6.45) is 2.58. The highest BCUT2D eigenvalue weighted by atomic mass is 16.3. The van der Waals surface area contributed by atoms with Gasteiger partial charge < -0.3 is 15.3 Å². The first-order chi connectivity index (χ1) is 8.06. The van der Waals surface area contributed by atoms with Crippen LogP contribution in [0, 0.1) is 11.8 Å². The van der Waals surface area contributed by atoms with E-state index in [1.807, 2.05) is 4.90 Å². The maximum Gasteiger partial charge on any atom is 0.239 e. The Balaban J connectivity index is 1.81. The van der Waals surface area contributed by atoms with Crippen molar-refractivity contribution in [3.8, 4) is 0 Å². The fraction of sp³-hybridized carbons (Fsp3) is 0.923. The molecule has 4 heteroatoms. The minimum atomic E-state index is -0.349. The predicted molar refractivity (Wildman–Crippen MR) is 66.6 cm³/mol. The van der Waals surface area contributed by atoms with Gasteiger partial charge >= 0.3 is 0 Å². The summed E-state index contributed by atoms with van der Waals surface area (Å²) in [4.78, 5) is 14.2. The molecule has 2 fully saturated rings. The number of rotatable bonds is 3. The third-order valence-corrected chi connectivity index (χ3v) is 3.81. The SMILES string of the molecule is CC(C)CC1CCN(C(=O)C2CC(O)CN2)C1. The van der Waals surface area contributed by atoms with E-state index >= 15 is 0 Å². The van der Waals surface area contributed by atoms with Crippen molar-refractivity contribution in [2.45, 2.75) is 45.3 Å². The molecule has 2 aliphatic heterocycles. The van der Waals surface area contributed by atoms with Crippen LogP contribution in [0.1, 0.15) is 33.1 Å². The zero-order valence-corrected chi connectivity index (χ0v) is 10.9. The first-order valence-corrected chi connectivity index (χ1v) is 6.76. The summed E-state index contributed by atoms with van der Waals surface area (Å²) >= 11 is 0. The van der Waals surface area contributed by atoms with Gasteiger partial charge in [0, 0.05) is 19.6 Å². The van der Waals surface area contributed by atoms with Crippen LogP contribution in [0.2, 0.25) is 0 Å². The van der Waals surface area contributed by atoms with Crippen LogP contribution in [0.5, 0.6) is 0 Å². The Kier molecular flexibility index (Phi) is 4.05. The van der Waals surface area contributed by atoms with Gasteiger partial charge in [0.2, 0.25) is 5.91 Å². The van der Waals surface area contributed by atoms with Crippen molar-refractivity contribution in [3.63, 3.8) is 0 Å². The van der Waals surface area contributed by atoms with Crippen molar-refractivity contribution >= 4 is 5.91 Å². The molecule has 0 spiro atoms. The fourth-order valence-electron chi connectivity index (χ4n) is 3.02. The summed E-state index contributed by atoms with van der Waals surface area (Å²) < 4.78 is 0. The number of β-amino-alcohol motifs (C(OH)–C–C–N with tert-alkyl or cyclic N) is 1. The van der Waals surface area contributed by atoms with Gasteiger partial charge in [0.25, 0.3) is 0 Å². The lowest BCUT2D eigenvalue weighted by atomic mass is 9.97. The monoisotopic (exact) mass is 240 g/mol. The Morgan fingerprint density at radius 1 is 1.53 bits per heavy atom. The quantitative estimate of drug-likeness (QED) is 0.760. The molecule has 2 N–H and O–H groups in total. The third-order valence-electron chi connectivity index (χ3n) is 3.81. The molecule has 17 heavy (non-hydrogen) atoms. The number of nitrogens with one attached hydrogen (secondary N) is 1. The molecule has 0 radical (unpaired) electrons. The van der Waals surface area contributed by atoms with Crippen LogP contribution in [-0.2, 0) is 4.79 Å². The van der Waals surface area contributed by atoms with Gasteiger partial charge in [-0.15, -0.1) is 0 Å². The second kappa shape index (κ2) is 5.36. The first-order valence-electron chi connectivity index (χ1n) is 6.76. The third kappa shape index (κ3) is 3.19. The van der Waals surface area contributed by atoms with E-state index in [1.54, 1.807) is 0 Å². The topological polar surface area (TPSA) is 52.6 Å². The van der Waals surface area contributed by atoms with Crippen molar-refractivity contribution in [1.82, 2.24) is 10.2 Å². The summed E-state index contributed by atoms with van der Waals surface area (Å²) in [6.45, 7) is 6.83. The number of likely N-dealkylation sites (tertiary alicyclic amines) is 1. The molecule has 0 bridgehead atoms. The number of carbonyl (C=O) groups excluding carboxylic acids is 1. The first kappa shape index (κ1) is 12.8. The Hall–Kier alpha value is -0.610. The molecule has 0 saturated carbocycles. The van der Waals surface area contributed by atoms with Gasteiger partial charge in [-0.3, -0.25) is 4.79 Å². The van der Waals surface area contributed by atoms with Crippen LogP contribution in [0.25, 0.3) is 0 Å². The molecular formula is C13H24N2O2. The largest absolute Gasteiger partial charge is 0.392 e. The van der Waals surface area contributed by atoms with E-state index in [-0.39, 0.29) is 18.1 Å². The summed E-state index contributed by atoms with van der Waals surface area (Å²) in [6, 6.07) is -0.150. The molecule has 1 amide bonds. The highest BCUT2D eigenvalue weighted by Gasteiger charge is 2.34.